The highest BCUT2D eigenvalue weighted by atomic mass is 32.2. The molecular weight excluding hydrogens is 292 g/mol. The van der Waals surface area contributed by atoms with Crippen LogP contribution in [-0.2, 0) is 21.3 Å². The summed E-state index contributed by atoms with van der Waals surface area (Å²) in [6, 6.07) is 1.56. The van der Waals surface area contributed by atoms with Crippen LogP contribution in [0.5, 0.6) is 0 Å². The molecule has 2 N–H and O–H groups in total. The third-order valence-electron chi connectivity index (χ3n) is 2.98. The molecule has 1 aromatic rings. The van der Waals surface area contributed by atoms with Gasteiger partial charge in [0, 0.05) is 19.2 Å². The van der Waals surface area contributed by atoms with Crippen LogP contribution in [0.25, 0.3) is 0 Å². The quantitative estimate of drug-likeness (QED) is 0.725. The van der Waals surface area contributed by atoms with Gasteiger partial charge in [0.1, 0.15) is 16.4 Å². The molecule has 21 heavy (non-hydrogen) atoms. The summed E-state index contributed by atoms with van der Waals surface area (Å²) in [5.41, 5.74) is -0.550. The van der Waals surface area contributed by atoms with Crippen LogP contribution in [0.1, 0.15) is 39.2 Å². The minimum absolute atomic E-state index is 0.183. The van der Waals surface area contributed by atoms with Crippen LogP contribution in [0, 0.1) is 6.92 Å². The first kappa shape index (κ1) is 18.2. The van der Waals surface area contributed by atoms with Gasteiger partial charge in [-0.25, -0.2) is 13.1 Å². The second kappa shape index (κ2) is 7.40. The normalized spacial score (nSPS) is 12.8. The van der Waals surface area contributed by atoms with E-state index in [1.807, 2.05) is 27.7 Å². The lowest BCUT2D eigenvalue weighted by molar-refractivity contribution is -0.00515. The van der Waals surface area contributed by atoms with Crippen LogP contribution in [0.15, 0.2) is 15.4 Å². The summed E-state index contributed by atoms with van der Waals surface area (Å²) in [7, 11) is -3.60. The molecule has 1 rings (SSSR count). The van der Waals surface area contributed by atoms with Gasteiger partial charge in [-0.2, -0.15) is 0 Å². The predicted octanol–water partition coefficient (Wildman–Crippen LogP) is 1.79. The molecule has 0 saturated heterocycles. The minimum atomic E-state index is -3.60. The zero-order valence-corrected chi connectivity index (χ0v) is 14.3. The van der Waals surface area contributed by atoms with Crippen molar-refractivity contribution in [3.63, 3.8) is 0 Å². The average molecular weight is 318 g/mol. The lowest BCUT2D eigenvalue weighted by atomic mass is 10.1. The molecule has 0 aliphatic carbocycles. The van der Waals surface area contributed by atoms with Gasteiger partial charge in [0.05, 0.1) is 12.1 Å². The molecule has 0 radical (unpaired) electrons. The number of hydrogen-bond acceptors (Lipinski definition) is 5. The Balaban J connectivity index is 2.81. The Hall–Kier alpha value is -0.890. The van der Waals surface area contributed by atoms with E-state index < -0.39 is 15.6 Å². The van der Waals surface area contributed by atoms with Crippen molar-refractivity contribution < 1.29 is 17.6 Å². The summed E-state index contributed by atoms with van der Waals surface area (Å²) in [5.74, 6) is 1.00. The van der Waals surface area contributed by atoms with Crippen molar-refractivity contribution in [1.29, 1.82) is 0 Å². The van der Waals surface area contributed by atoms with E-state index in [1.165, 1.54) is 0 Å². The van der Waals surface area contributed by atoms with Crippen molar-refractivity contribution in [2.75, 3.05) is 19.7 Å². The lowest BCUT2D eigenvalue weighted by Crippen LogP contribution is -2.40. The molecule has 1 heterocycles. The third kappa shape index (κ3) is 5.43. The molecule has 1 aromatic heterocycles. The Kier molecular flexibility index (Phi) is 6.40. The summed E-state index contributed by atoms with van der Waals surface area (Å²) in [5, 5.41) is 3.10. The fourth-order valence-electron chi connectivity index (χ4n) is 1.91. The summed E-state index contributed by atoms with van der Waals surface area (Å²) in [6.45, 7) is 11.2. The van der Waals surface area contributed by atoms with E-state index in [-0.39, 0.29) is 11.4 Å². The third-order valence-corrected chi connectivity index (χ3v) is 4.49. The molecule has 0 spiro atoms. The van der Waals surface area contributed by atoms with Gasteiger partial charge in [-0.1, -0.05) is 6.92 Å². The van der Waals surface area contributed by atoms with Crippen molar-refractivity contribution in [1.82, 2.24) is 10.0 Å². The maximum Gasteiger partial charge on any atom is 0.244 e. The van der Waals surface area contributed by atoms with Gasteiger partial charge >= 0.3 is 0 Å². The van der Waals surface area contributed by atoms with Crippen LogP contribution in [0.3, 0.4) is 0 Å². The fourth-order valence-corrected chi connectivity index (χ4v) is 3.31. The zero-order chi connectivity index (χ0) is 16.1. The number of ether oxygens (including phenoxy) is 1. The summed E-state index contributed by atoms with van der Waals surface area (Å²) in [4.78, 5) is 0.183. The maximum atomic E-state index is 12.3. The van der Waals surface area contributed by atoms with E-state index in [0.717, 1.165) is 6.54 Å². The van der Waals surface area contributed by atoms with Gasteiger partial charge in [-0.15, -0.1) is 0 Å². The number of hydrogen-bond donors (Lipinski definition) is 2. The largest absolute Gasteiger partial charge is 0.464 e. The molecule has 0 amide bonds. The summed E-state index contributed by atoms with van der Waals surface area (Å²) in [6.07, 6.45) is 0. The molecule has 0 aromatic carbocycles. The first-order chi connectivity index (χ1) is 9.72. The average Bonchev–Trinajstić information content (AvgIpc) is 2.76. The smallest absolute Gasteiger partial charge is 0.244 e. The fraction of sp³-hybridized carbons (Fsp3) is 0.714. The second-order valence-corrected chi connectivity index (χ2v) is 7.17. The van der Waals surface area contributed by atoms with Crippen molar-refractivity contribution >= 4 is 10.0 Å². The standard InChI is InChI=1S/C14H26N2O4S/c1-6-15-9-12-8-13(11(3)20-12)21(17,18)16-10-14(4,5)19-7-2/h8,15-16H,6-7,9-10H2,1-5H3. The van der Waals surface area contributed by atoms with Crippen LogP contribution < -0.4 is 10.0 Å². The number of sulfonamides is 1. The Morgan fingerprint density at radius 1 is 1.33 bits per heavy atom. The first-order valence-electron chi connectivity index (χ1n) is 7.15. The zero-order valence-electron chi connectivity index (χ0n) is 13.4. The Morgan fingerprint density at radius 3 is 2.57 bits per heavy atom. The molecule has 0 fully saturated rings. The van der Waals surface area contributed by atoms with E-state index in [9.17, 15) is 8.42 Å². The maximum absolute atomic E-state index is 12.3. The SMILES string of the molecule is CCNCc1cc(S(=O)(=O)NCC(C)(C)OCC)c(C)o1. The highest BCUT2D eigenvalue weighted by Gasteiger charge is 2.25. The minimum Gasteiger partial charge on any atom is -0.464 e. The van der Waals surface area contributed by atoms with Crippen LogP contribution >= 0.6 is 0 Å². The van der Waals surface area contributed by atoms with Gasteiger partial charge in [0.2, 0.25) is 10.0 Å². The van der Waals surface area contributed by atoms with Crippen LogP contribution in [0.4, 0.5) is 0 Å². The molecule has 0 bridgehead atoms. The van der Waals surface area contributed by atoms with E-state index in [1.54, 1.807) is 13.0 Å². The van der Waals surface area contributed by atoms with Crippen molar-refractivity contribution in [2.45, 2.75) is 51.7 Å². The van der Waals surface area contributed by atoms with Gasteiger partial charge in [-0.3, -0.25) is 0 Å². The number of nitrogens with one attached hydrogen (secondary N) is 2. The first-order valence-corrected chi connectivity index (χ1v) is 8.64. The molecule has 122 valence electrons. The van der Waals surface area contributed by atoms with E-state index in [0.29, 0.717) is 24.7 Å². The molecule has 0 aliphatic heterocycles. The van der Waals surface area contributed by atoms with Gasteiger partial charge < -0.3 is 14.5 Å². The van der Waals surface area contributed by atoms with E-state index >= 15 is 0 Å². The van der Waals surface area contributed by atoms with E-state index in [2.05, 4.69) is 10.0 Å². The Bertz CT molecular complexity index is 549. The van der Waals surface area contributed by atoms with Crippen LogP contribution in [0.2, 0.25) is 0 Å². The molecule has 7 heteroatoms. The number of rotatable bonds is 9. The molecule has 0 aliphatic rings. The molecule has 0 atom stereocenters. The van der Waals surface area contributed by atoms with Gasteiger partial charge in [0.15, 0.2) is 0 Å². The van der Waals surface area contributed by atoms with Crippen molar-refractivity contribution in [2.24, 2.45) is 0 Å². The van der Waals surface area contributed by atoms with Crippen molar-refractivity contribution in [3.05, 3.63) is 17.6 Å². The van der Waals surface area contributed by atoms with Gasteiger partial charge in [0.25, 0.3) is 0 Å². The summed E-state index contributed by atoms with van der Waals surface area (Å²) < 4.78 is 38.2. The lowest BCUT2D eigenvalue weighted by Gasteiger charge is -2.24. The monoisotopic (exact) mass is 318 g/mol. The topological polar surface area (TPSA) is 80.6 Å². The Labute approximate surface area is 127 Å². The molecule has 6 nitrogen and oxygen atoms in total. The van der Waals surface area contributed by atoms with E-state index in [4.69, 9.17) is 9.15 Å². The highest BCUT2D eigenvalue weighted by molar-refractivity contribution is 7.89. The predicted molar refractivity (Wildman–Crippen MR) is 81.7 cm³/mol. The van der Waals surface area contributed by atoms with Crippen molar-refractivity contribution in [3.8, 4) is 0 Å². The van der Waals surface area contributed by atoms with Crippen LogP contribution in [-0.4, -0.2) is 33.7 Å². The molecule has 0 saturated carbocycles. The Morgan fingerprint density at radius 2 is 2.00 bits per heavy atom. The molecule has 0 unspecified atom stereocenters. The second-order valence-electron chi connectivity index (χ2n) is 5.43. The number of aryl methyl sites for hydroxylation is 1. The number of furan rings is 1. The highest BCUT2D eigenvalue weighted by Crippen LogP contribution is 2.20. The summed E-state index contributed by atoms with van der Waals surface area (Å²) >= 11 is 0. The molecular formula is C14H26N2O4S. The van der Waals surface area contributed by atoms with Gasteiger partial charge in [-0.05, 0) is 34.2 Å².